The fraction of sp³-hybridized carbons (Fsp3) is 0.130. The molecule has 0 amide bonds. The van der Waals surface area contributed by atoms with Crippen LogP contribution < -0.4 is 4.90 Å². The molecule has 0 heterocycles. The number of benzene rings is 7. The molecule has 47 heavy (non-hydrogen) atoms. The molecule has 1 heteroatoms. The van der Waals surface area contributed by atoms with E-state index in [0.717, 1.165) is 5.69 Å². The van der Waals surface area contributed by atoms with Crippen molar-refractivity contribution < 1.29 is 0 Å². The monoisotopic (exact) mass is 603 g/mol. The largest absolute Gasteiger partial charge is 0.310 e. The maximum Gasteiger partial charge on any atom is 0.0546 e. The van der Waals surface area contributed by atoms with E-state index < -0.39 is 0 Å². The van der Waals surface area contributed by atoms with Gasteiger partial charge in [0.1, 0.15) is 0 Å². The van der Waals surface area contributed by atoms with Gasteiger partial charge in [0, 0.05) is 27.6 Å². The highest BCUT2D eigenvalue weighted by Crippen LogP contribution is 2.56. The van der Waals surface area contributed by atoms with Gasteiger partial charge in [0.15, 0.2) is 0 Å². The molecule has 0 spiro atoms. The zero-order chi connectivity index (χ0) is 31.9. The van der Waals surface area contributed by atoms with Crippen LogP contribution in [0, 0.1) is 0 Å². The summed E-state index contributed by atoms with van der Waals surface area (Å²) in [6.45, 7) is 9.51. The van der Waals surface area contributed by atoms with Gasteiger partial charge in [-0.25, -0.2) is 0 Å². The molecule has 0 aliphatic heterocycles. The molecule has 226 valence electrons. The number of anilines is 3. The molecule has 0 saturated carbocycles. The second-order valence-corrected chi connectivity index (χ2v) is 14.2. The Balaban J connectivity index is 1.31. The summed E-state index contributed by atoms with van der Waals surface area (Å²) in [5.41, 5.74) is 16.7. The van der Waals surface area contributed by atoms with E-state index in [-0.39, 0.29) is 10.8 Å². The Morgan fingerprint density at radius 2 is 1.02 bits per heavy atom. The number of fused-ring (bicyclic) bond motifs is 8. The lowest BCUT2D eigenvalue weighted by atomic mass is 9.79. The second-order valence-electron chi connectivity index (χ2n) is 14.2. The van der Waals surface area contributed by atoms with Gasteiger partial charge in [-0.05, 0) is 97.4 Å². The summed E-state index contributed by atoms with van der Waals surface area (Å²) in [4.78, 5) is 2.48. The van der Waals surface area contributed by atoms with Gasteiger partial charge in [-0.2, -0.15) is 0 Å². The first-order valence-corrected chi connectivity index (χ1v) is 16.7. The third kappa shape index (κ3) is 4.02. The van der Waals surface area contributed by atoms with E-state index in [1.165, 1.54) is 77.8 Å². The number of para-hydroxylation sites is 1. The molecule has 2 aliphatic rings. The summed E-state index contributed by atoms with van der Waals surface area (Å²) in [7, 11) is 0. The van der Waals surface area contributed by atoms with Gasteiger partial charge < -0.3 is 4.90 Å². The van der Waals surface area contributed by atoms with Crippen LogP contribution >= 0.6 is 0 Å². The average Bonchev–Trinajstić information content (AvgIpc) is 3.48. The second kappa shape index (κ2) is 10.0. The first-order chi connectivity index (χ1) is 22.8. The van der Waals surface area contributed by atoms with Crippen LogP contribution in [0.15, 0.2) is 152 Å². The Morgan fingerprint density at radius 1 is 0.383 bits per heavy atom. The van der Waals surface area contributed by atoms with Crippen LogP contribution in [0.2, 0.25) is 0 Å². The van der Waals surface area contributed by atoms with Gasteiger partial charge in [0.05, 0.1) is 5.69 Å². The smallest absolute Gasteiger partial charge is 0.0546 e. The highest BCUT2D eigenvalue weighted by molar-refractivity contribution is 6.07. The summed E-state index contributed by atoms with van der Waals surface area (Å²) in [6.07, 6.45) is 0. The summed E-state index contributed by atoms with van der Waals surface area (Å²) < 4.78 is 0. The maximum absolute atomic E-state index is 2.48. The lowest BCUT2D eigenvalue weighted by Gasteiger charge is -2.30. The Hall–Kier alpha value is -5.40. The normalized spacial score (nSPS) is 14.7. The van der Waals surface area contributed by atoms with Crippen LogP contribution in [0.3, 0.4) is 0 Å². The molecule has 0 bridgehead atoms. The van der Waals surface area contributed by atoms with Crippen molar-refractivity contribution in [2.75, 3.05) is 4.90 Å². The molecular weight excluding hydrogens is 567 g/mol. The molecule has 0 fully saturated rings. The standard InChI is InChI=1S/C46H37N/c1-45(2)40-22-14-13-19-34(40)35-25-24-33(28-42(35)45)47(32-17-9-6-10-18-32)43-29-39-38-27-31(30-15-7-5-8-16-30)23-26-41(38)46(3,4)44(39)37-21-12-11-20-36(37)43/h5-29H,1-4H3. The van der Waals surface area contributed by atoms with Crippen LogP contribution in [0.1, 0.15) is 49.9 Å². The molecule has 7 aromatic carbocycles. The number of hydrogen-bond acceptors (Lipinski definition) is 1. The Bertz CT molecular complexity index is 2340. The van der Waals surface area contributed by atoms with Gasteiger partial charge in [-0.1, -0.05) is 143 Å². The lowest BCUT2D eigenvalue weighted by Crippen LogP contribution is -2.17. The van der Waals surface area contributed by atoms with Crippen LogP contribution in [0.25, 0.3) is 44.2 Å². The minimum atomic E-state index is -0.126. The molecule has 9 rings (SSSR count). The maximum atomic E-state index is 2.48. The zero-order valence-corrected chi connectivity index (χ0v) is 27.4. The van der Waals surface area contributed by atoms with Crippen LogP contribution in [-0.2, 0) is 10.8 Å². The van der Waals surface area contributed by atoms with Crippen LogP contribution in [0.4, 0.5) is 17.1 Å². The van der Waals surface area contributed by atoms with Crippen molar-refractivity contribution in [2.45, 2.75) is 38.5 Å². The van der Waals surface area contributed by atoms with E-state index in [1.54, 1.807) is 0 Å². The van der Waals surface area contributed by atoms with Crippen LogP contribution in [0.5, 0.6) is 0 Å². The Morgan fingerprint density at radius 3 is 1.81 bits per heavy atom. The molecule has 0 atom stereocenters. The van der Waals surface area contributed by atoms with Gasteiger partial charge >= 0.3 is 0 Å². The van der Waals surface area contributed by atoms with Crippen molar-refractivity contribution in [1.82, 2.24) is 0 Å². The van der Waals surface area contributed by atoms with Gasteiger partial charge in [-0.3, -0.25) is 0 Å². The molecule has 1 nitrogen and oxygen atoms in total. The Kier molecular flexibility index (Phi) is 5.96. The van der Waals surface area contributed by atoms with Crippen molar-refractivity contribution in [1.29, 1.82) is 0 Å². The Labute approximate surface area is 277 Å². The van der Waals surface area contributed by atoms with E-state index in [0.29, 0.717) is 0 Å². The molecular formula is C46H37N. The minimum Gasteiger partial charge on any atom is -0.310 e. The van der Waals surface area contributed by atoms with E-state index in [2.05, 4.69) is 184 Å². The first-order valence-electron chi connectivity index (χ1n) is 16.7. The highest BCUT2D eigenvalue weighted by atomic mass is 15.1. The van der Waals surface area contributed by atoms with E-state index in [4.69, 9.17) is 0 Å². The summed E-state index contributed by atoms with van der Waals surface area (Å²) in [5, 5.41) is 2.58. The SMILES string of the molecule is CC1(C)c2ccccc2-c2ccc(N(c3ccccc3)c3cc4c(c5ccccc35)C(C)(C)c3ccc(-c5ccccc5)cc3-4)cc21. The van der Waals surface area contributed by atoms with E-state index >= 15 is 0 Å². The number of hydrogen-bond donors (Lipinski definition) is 0. The van der Waals surface area contributed by atoms with Gasteiger partial charge in [-0.15, -0.1) is 0 Å². The molecule has 7 aromatic rings. The summed E-state index contributed by atoms with van der Waals surface area (Å²) in [6, 6.07) is 56.2. The third-order valence-electron chi connectivity index (χ3n) is 10.8. The average molecular weight is 604 g/mol. The molecule has 0 unspecified atom stereocenters. The number of nitrogens with zero attached hydrogens (tertiary/aromatic N) is 1. The minimum absolute atomic E-state index is 0.0822. The quantitative estimate of drug-likeness (QED) is 0.193. The fourth-order valence-electron chi connectivity index (χ4n) is 8.52. The lowest BCUT2D eigenvalue weighted by molar-refractivity contribution is 0.660. The van der Waals surface area contributed by atoms with Gasteiger partial charge in [0.25, 0.3) is 0 Å². The van der Waals surface area contributed by atoms with Crippen molar-refractivity contribution in [3.05, 3.63) is 174 Å². The van der Waals surface area contributed by atoms with Crippen molar-refractivity contribution in [3.63, 3.8) is 0 Å². The topological polar surface area (TPSA) is 3.24 Å². The molecule has 2 aliphatic carbocycles. The zero-order valence-electron chi connectivity index (χ0n) is 27.4. The predicted molar refractivity (Wildman–Crippen MR) is 199 cm³/mol. The van der Waals surface area contributed by atoms with Crippen molar-refractivity contribution in [3.8, 4) is 33.4 Å². The van der Waals surface area contributed by atoms with Crippen LogP contribution in [-0.4, -0.2) is 0 Å². The summed E-state index contributed by atoms with van der Waals surface area (Å²) in [5.74, 6) is 0. The van der Waals surface area contributed by atoms with E-state index in [1.807, 2.05) is 0 Å². The molecule has 0 radical (unpaired) electrons. The first kappa shape index (κ1) is 27.9. The number of rotatable bonds is 4. The molecule has 0 aromatic heterocycles. The third-order valence-corrected chi connectivity index (χ3v) is 10.8. The molecule has 0 saturated heterocycles. The summed E-state index contributed by atoms with van der Waals surface area (Å²) >= 11 is 0. The van der Waals surface area contributed by atoms with Crippen molar-refractivity contribution >= 4 is 27.8 Å². The highest BCUT2D eigenvalue weighted by Gasteiger charge is 2.39. The fourth-order valence-corrected chi connectivity index (χ4v) is 8.52. The van der Waals surface area contributed by atoms with Crippen molar-refractivity contribution in [2.24, 2.45) is 0 Å². The molecule has 0 N–H and O–H groups in total. The van der Waals surface area contributed by atoms with E-state index in [9.17, 15) is 0 Å². The van der Waals surface area contributed by atoms with Gasteiger partial charge in [0.2, 0.25) is 0 Å². The predicted octanol–water partition coefficient (Wildman–Crippen LogP) is 12.6.